The highest BCUT2D eigenvalue weighted by Crippen LogP contribution is 2.36. The van der Waals surface area contributed by atoms with Gasteiger partial charge in [-0.3, -0.25) is 19.3 Å². The van der Waals surface area contributed by atoms with Crippen LogP contribution in [-0.4, -0.2) is 96.8 Å². The van der Waals surface area contributed by atoms with E-state index in [-0.39, 0.29) is 41.5 Å². The number of nitrogens with zero attached hydrogens (tertiary/aromatic N) is 2. The lowest BCUT2D eigenvalue weighted by Gasteiger charge is -2.52. The number of aliphatic hydroxyl groups excluding tert-OH is 1. The van der Waals surface area contributed by atoms with Crippen LogP contribution in [0.25, 0.3) is 0 Å². The van der Waals surface area contributed by atoms with Crippen LogP contribution in [-0.2, 0) is 20.9 Å². The zero-order valence-electron chi connectivity index (χ0n) is 30.2. The van der Waals surface area contributed by atoms with Crippen LogP contribution in [0.5, 0.6) is 17.2 Å². The highest BCUT2D eigenvalue weighted by molar-refractivity contribution is 6.00. The molecule has 3 amide bonds. The van der Waals surface area contributed by atoms with Gasteiger partial charge in [-0.25, -0.2) is 0 Å². The van der Waals surface area contributed by atoms with Crippen molar-refractivity contribution in [2.75, 3.05) is 46.5 Å². The van der Waals surface area contributed by atoms with Gasteiger partial charge in [-0.05, 0) is 79.3 Å². The topological polar surface area (TPSA) is 130 Å². The highest BCUT2D eigenvalue weighted by Gasteiger charge is 2.55. The number of hydrogen-bond donors (Lipinski definition) is 3. The fourth-order valence-electron chi connectivity index (χ4n) is 7.01. The lowest BCUT2D eigenvalue weighted by atomic mass is 9.79. The zero-order valence-corrected chi connectivity index (χ0v) is 31.0. The minimum absolute atomic E-state index is 0. The number of piperidine rings is 1. The van der Waals surface area contributed by atoms with Gasteiger partial charge in [-0.15, -0.1) is 12.4 Å². The minimum atomic E-state index is -0.917. The minimum Gasteiger partial charge on any atom is -0.493 e. The van der Waals surface area contributed by atoms with E-state index in [1.807, 2.05) is 24.3 Å². The summed E-state index contributed by atoms with van der Waals surface area (Å²) in [6, 6.07) is 12.1. The molecule has 3 N–H and O–H groups in total. The molecular weight excluding hydrogens is 660 g/mol. The summed E-state index contributed by atoms with van der Waals surface area (Å²) in [7, 11) is 1.55. The number of methoxy groups -OCH3 is 1. The van der Waals surface area contributed by atoms with Gasteiger partial charge >= 0.3 is 0 Å². The number of aliphatic hydroxyl groups is 1. The molecule has 3 aliphatic heterocycles. The number of hydrogen-bond acceptors (Lipinski definition) is 8. The average molecular weight is 715 g/mol. The molecule has 2 atom stereocenters. The number of carbonyl (C=O) groups is 3. The monoisotopic (exact) mass is 714 g/mol. The Bertz CT molecular complexity index is 1450. The molecule has 2 aromatic rings. The molecule has 3 saturated heterocycles. The number of nitrogens with one attached hydrogen (secondary N) is 2. The standard InChI is InChI=1S/C38H54N4O7.ClH/c1-6-7-18-42-35(45)32(33(43)27-14-21-48-22-15-27)40-36(46)38(42)16-19-41(20-17-38)24-26-8-11-29(12-9-26)49-30-13-10-28(23-31(30)47-5)34(44)39-25-37(2,3)4;/h8-13,23,27,32-33,43H,6-7,14-22,24-25H2,1-5H3,(H,39,44)(H,40,46);1H/t32-,33?;/m1./s1. The number of halogens is 1. The molecule has 12 heteroatoms. The van der Waals surface area contributed by atoms with Gasteiger partial charge in [0.1, 0.15) is 17.3 Å². The molecular formula is C38H55ClN4O7. The third-order valence-electron chi connectivity index (χ3n) is 10.0. The first kappa shape index (κ1) is 39.4. The lowest BCUT2D eigenvalue weighted by molar-refractivity contribution is -0.166. The SMILES string of the molecule is CCCCN1C(=O)[C@@H](C(O)C2CCOCC2)NC(=O)C12CCN(Cc1ccc(Oc3ccc(C(=O)NCC(C)(C)C)cc3OC)cc1)CC2.Cl. The Balaban J connectivity index is 0.00000562. The van der Waals surface area contributed by atoms with Crippen molar-refractivity contribution in [2.24, 2.45) is 11.3 Å². The number of piperazine rings is 1. The van der Waals surface area contributed by atoms with E-state index >= 15 is 0 Å². The van der Waals surface area contributed by atoms with Gasteiger partial charge in [0.2, 0.25) is 11.8 Å². The van der Waals surface area contributed by atoms with Gasteiger partial charge in [-0.2, -0.15) is 0 Å². The van der Waals surface area contributed by atoms with Crippen LogP contribution < -0.4 is 20.1 Å². The number of likely N-dealkylation sites (tertiary alicyclic amines) is 1. The van der Waals surface area contributed by atoms with Crippen molar-refractivity contribution in [3.8, 4) is 17.2 Å². The van der Waals surface area contributed by atoms with E-state index < -0.39 is 17.7 Å². The maximum atomic E-state index is 13.9. The second-order valence-electron chi connectivity index (χ2n) is 14.9. The molecule has 276 valence electrons. The summed E-state index contributed by atoms with van der Waals surface area (Å²) >= 11 is 0. The summed E-state index contributed by atoms with van der Waals surface area (Å²) in [6.45, 7) is 12.5. The lowest BCUT2D eigenvalue weighted by Crippen LogP contribution is -2.75. The Kier molecular flexibility index (Phi) is 13.6. The number of unbranched alkanes of at least 4 members (excludes halogenated alkanes) is 1. The van der Waals surface area contributed by atoms with Crippen LogP contribution in [0.15, 0.2) is 42.5 Å². The van der Waals surface area contributed by atoms with E-state index in [4.69, 9.17) is 14.2 Å². The van der Waals surface area contributed by atoms with Crippen LogP contribution in [0.2, 0.25) is 0 Å². The van der Waals surface area contributed by atoms with Gasteiger partial charge in [0, 0.05) is 51.5 Å². The maximum absolute atomic E-state index is 13.9. The fraction of sp³-hybridized carbons (Fsp3) is 0.605. The zero-order chi connectivity index (χ0) is 35.2. The van der Waals surface area contributed by atoms with E-state index in [1.54, 1.807) is 30.2 Å². The third kappa shape index (κ3) is 9.29. The summed E-state index contributed by atoms with van der Waals surface area (Å²) in [4.78, 5) is 44.4. The Hall–Kier alpha value is -3.38. The van der Waals surface area contributed by atoms with Gasteiger partial charge in [0.05, 0.1) is 13.2 Å². The summed E-state index contributed by atoms with van der Waals surface area (Å²) in [5, 5.41) is 17.1. The molecule has 11 nitrogen and oxygen atoms in total. The second-order valence-corrected chi connectivity index (χ2v) is 14.9. The number of carbonyl (C=O) groups excluding carboxylic acids is 3. The van der Waals surface area contributed by atoms with Crippen LogP contribution in [0.3, 0.4) is 0 Å². The highest BCUT2D eigenvalue weighted by atomic mass is 35.5. The molecule has 0 bridgehead atoms. The van der Waals surface area contributed by atoms with Gasteiger partial charge in [0.15, 0.2) is 11.5 Å². The van der Waals surface area contributed by atoms with Crippen LogP contribution in [0.1, 0.15) is 82.1 Å². The Morgan fingerprint density at radius 3 is 2.38 bits per heavy atom. The largest absolute Gasteiger partial charge is 0.493 e. The molecule has 2 aromatic carbocycles. The van der Waals surface area contributed by atoms with Crippen molar-refractivity contribution in [1.29, 1.82) is 0 Å². The van der Waals surface area contributed by atoms with Crippen molar-refractivity contribution in [2.45, 2.75) is 90.4 Å². The first-order chi connectivity index (χ1) is 23.4. The molecule has 0 aliphatic carbocycles. The first-order valence-electron chi connectivity index (χ1n) is 17.8. The molecule has 0 aromatic heterocycles. The Morgan fingerprint density at radius 1 is 1.08 bits per heavy atom. The van der Waals surface area contributed by atoms with Crippen molar-refractivity contribution < 1.29 is 33.7 Å². The van der Waals surface area contributed by atoms with Crippen LogP contribution in [0.4, 0.5) is 0 Å². The molecule has 3 heterocycles. The van der Waals surface area contributed by atoms with Crippen molar-refractivity contribution in [3.63, 3.8) is 0 Å². The molecule has 3 aliphatic rings. The third-order valence-corrected chi connectivity index (χ3v) is 10.0. The van der Waals surface area contributed by atoms with E-state index in [2.05, 4.69) is 43.2 Å². The fourth-order valence-corrected chi connectivity index (χ4v) is 7.01. The van der Waals surface area contributed by atoms with Crippen molar-refractivity contribution in [1.82, 2.24) is 20.4 Å². The molecule has 0 saturated carbocycles. The summed E-state index contributed by atoms with van der Waals surface area (Å²) in [5.74, 6) is 1.09. The predicted molar refractivity (Wildman–Crippen MR) is 194 cm³/mol. The predicted octanol–water partition coefficient (Wildman–Crippen LogP) is 4.93. The number of rotatable bonds is 12. The van der Waals surface area contributed by atoms with E-state index in [9.17, 15) is 19.5 Å². The number of ether oxygens (including phenoxy) is 3. The Labute approximate surface area is 302 Å². The summed E-state index contributed by atoms with van der Waals surface area (Å²) in [5.41, 5.74) is 0.692. The second kappa shape index (κ2) is 17.2. The summed E-state index contributed by atoms with van der Waals surface area (Å²) in [6.07, 6.45) is 3.25. The van der Waals surface area contributed by atoms with E-state index in [0.717, 1.165) is 18.4 Å². The van der Waals surface area contributed by atoms with E-state index in [0.29, 0.717) is 94.4 Å². The Morgan fingerprint density at radius 2 is 1.76 bits per heavy atom. The summed E-state index contributed by atoms with van der Waals surface area (Å²) < 4.78 is 17.1. The molecule has 0 radical (unpaired) electrons. The quantitative estimate of drug-likeness (QED) is 0.282. The average Bonchev–Trinajstić information content (AvgIpc) is 3.10. The van der Waals surface area contributed by atoms with Gasteiger partial charge in [-0.1, -0.05) is 46.2 Å². The molecule has 1 spiro atoms. The normalized spacial score (nSPS) is 20.5. The van der Waals surface area contributed by atoms with Crippen LogP contribution >= 0.6 is 12.4 Å². The van der Waals surface area contributed by atoms with Gasteiger partial charge < -0.3 is 34.9 Å². The molecule has 1 unspecified atom stereocenters. The van der Waals surface area contributed by atoms with Gasteiger partial charge in [0.25, 0.3) is 5.91 Å². The van der Waals surface area contributed by atoms with Crippen molar-refractivity contribution >= 4 is 30.1 Å². The van der Waals surface area contributed by atoms with E-state index in [1.165, 1.54) is 0 Å². The van der Waals surface area contributed by atoms with Crippen molar-refractivity contribution in [3.05, 3.63) is 53.6 Å². The maximum Gasteiger partial charge on any atom is 0.251 e. The first-order valence-corrected chi connectivity index (χ1v) is 17.8. The molecule has 5 rings (SSSR count). The number of benzene rings is 2. The van der Waals surface area contributed by atoms with Crippen LogP contribution in [0, 0.1) is 11.3 Å². The molecule has 3 fully saturated rings. The molecule has 50 heavy (non-hydrogen) atoms. The smallest absolute Gasteiger partial charge is 0.251 e. The number of amides is 3.